The van der Waals surface area contributed by atoms with E-state index in [0.29, 0.717) is 0 Å². The van der Waals surface area contributed by atoms with Crippen LogP contribution >= 0.6 is 0 Å². The van der Waals surface area contributed by atoms with Crippen molar-refractivity contribution in [3.63, 3.8) is 0 Å². The molecule has 4 aromatic carbocycles. The van der Waals surface area contributed by atoms with E-state index in [1.54, 1.807) is 0 Å². The minimum Gasteiger partial charge on any atom is -0.490 e. The van der Waals surface area contributed by atoms with E-state index in [0.717, 1.165) is 107 Å². The average molecular weight is 847 g/mol. The summed E-state index contributed by atoms with van der Waals surface area (Å²) < 4.78 is 29.3. The number of hydrogen-bond donors (Lipinski definition) is 1. The van der Waals surface area contributed by atoms with Crippen LogP contribution in [0.2, 0.25) is 0 Å². The summed E-state index contributed by atoms with van der Waals surface area (Å²) in [5.74, 6) is 2.94. The lowest BCUT2D eigenvalue weighted by atomic mass is 9.92. The highest BCUT2D eigenvalue weighted by atomic mass is 16.5. The zero-order chi connectivity index (χ0) is 44.5. The molecule has 8 nitrogen and oxygen atoms in total. The van der Waals surface area contributed by atoms with Gasteiger partial charge in [-0.3, -0.25) is 0 Å². The Bertz CT molecular complexity index is 3090. The van der Waals surface area contributed by atoms with Crippen LogP contribution in [0.3, 0.4) is 0 Å². The summed E-state index contributed by atoms with van der Waals surface area (Å²) in [5.41, 5.74) is 13.0. The first kappa shape index (κ1) is 42.0. The standard InChI is InChI=1S/C56H54N4O4/c1-34(2)61-49-21-13-9-17-43(49)53-46-30-29-41(59-46)32-40-26-25-38(57-40)31-39-27-28-42(58-39)33-48-54(44-18-10-14-22-50(44)62-35(3)4)55(45-19-11-15-23-51(45)63-36(5)6)56(53)60(48)47-20-12-16-24-52(47)64-37(7)8/h9-37,57H,1-8H3. The van der Waals surface area contributed by atoms with Crippen LogP contribution in [0.15, 0.2) is 127 Å². The fraction of sp³-hybridized carbons (Fsp3) is 0.214. The molecule has 64 heavy (non-hydrogen) atoms. The van der Waals surface area contributed by atoms with Crippen LogP contribution in [0.1, 0.15) is 78.2 Å². The van der Waals surface area contributed by atoms with Crippen molar-refractivity contribution in [2.75, 3.05) is 0 Å². The van der Waals surface area contributed by atoms with Crippen molar-refractivity contribution < 1.29 is 18.9 Å². The number of hydrogen-bond acceptors (Lipinski definition) is 6. The van der Waals surface area contributed by atoms with Gasteiger partial charge in [-0.25, -0.2) is 9.97 Å². The molecule has 7 aromatic rings. The monoisotopic (exact) mass is 846 g/mol. The Morgan fingerprint density at radius 2 is 0.844 bits per heavy atom. The Balaban J connectivity index is 1.65. The van der Waals surface area contributed by atoms with Crippen molar-refractivity contribution in [2.24, 2.45) is 0 Å². The second-order valence-corrected chi connectivity index (χ2v) is 17.2. The van der Waals surface area contributed by atoms with E-state index < -0.39 is 0 Å². The van der Waals surface area contributed by atoms with Gasteiger partial charge in [0.15, 0.2) is 0 Å². The van der Waals surface area contributed by atoms with Gasteiger partial charge < -0.3 is 28.5 Å². The molecule has 2 aliphatic rings. The second kappa shape index (κ2) is 17.8. The number of aromatic nitrogens is 4. The molecule has 8 bridgehead atoms. The summed E-state index contributed by atoms with van der Waals surface area (Å²) in [6.07, 6.45) is 7.89. The summed E-state index contributed by atoms with van der Waals surface area (Å²) >= 11 is 0. The molecule has 0 unspecified atom stereocenters. The number of H-pyrrole nitrogens is 1. The van der Waals surface area contributed by atoms with Crippen molar-refractivity contribution in [1.82, 2.24) is 19.5 Å². The molecule has 0 saturated heterocycles. The van der Waals surface area contributed by atoms with Crippen molar-refractivity contribution >= 4 is 46.4 Å². The number of nitrogens with one attached hydrogen (secondary N) is 1. The summed E-state index contributed by atoms with van der Waals surface area (Å²) in [7, 11) is 0. The Hall–Kier alpha value is -7.32. The highest BCUT2D eigenvalue weighted by molar-refractivity contribution is 6.13. The van der Waals surface area contributed by atoms with Gasteiger partial charge in [-0.15, -0.1) is 0 Å². The van der Waals surface area contributed by atoms with Crippen LogP contribution in [-0.2, 0) is 0 Å². The summed E-state index contributed by atoms with van der Waals surface area (Å²) in [6, 6.07) is 43.6. The third-order valence-electron chi connectivity index (χ3n) is 10.7. The maximum atomic E-state index is 6.78. The molecule has 3 aromatic heterocycles. The summed E-state index contributed by atoms with van der Waals surface area (Å²) in [5, 5.41) is 0. The first-order valence-electron chi connectivity index (χ1n) is 22.2. The fourth-order valence-corrected chi connectivity index (χ4v) is 8.43. The molecule has 0 atom stereocenters. The predicted molar refractivity (Wildman–Crippen MR) is 263 cm³/mol. The van der Waals surface area contributed by atoms with Crippen LogP contribution in [-0.4, -0.2) is 43.9 Å². The van der Waals surface area contributed by atoms with Gasteiger partial charge in [-0.2, -0.15) is 0 Å². The van der Waals surface area contributed by atoms with E-state index >= 15 is 0 Å². The first-order chi connectivity index (χ1) is 31.0. The van der Waals surface area contributed by atoms with Gasteiger partial charge >= 0.3 is 0 Å². The summed E-state index contributed by atoms with van der Waals surface area (Å²) in [6.45, 7) is 16.5. The molecule has 0 radical (unpaired) electrons. The number of aromatic amines is 1. The van der Waals surface area contributed by atoms with Gasteiger partial charge in [0.25, 0.3) is 0 Å². The zero-order valence-corrected chi connectivity index (χ0v) is 37.7. The van der Waals surface area contributed by atoms with E-state index in [9.17, 15) is 0 Å². The van der Waals surface area contributed by atoms with Crippen molar-refractivity contribution in [3.05, 3.63) is 150 Å². The van der Waals surface area contributed by atoms with Gasteiger partial charge in [0, 0.05) is 44.4 Å². The lowest BCUT2D eigenvalue weighted by molar-refractivity contribution is 0.242. The smallest absolute Gasteiger partial charge is 0.143 e. The van der Waals surface area contributed by atoms with Crippen molar-refractivity contribution in [3.8, 4) is 62.1 Å². The molecule has 0 saturated carbocycles. The minimum absolute atomic E-state index is 0.0987. The third kappa shape index (κ3) is 8.56. The molecule has 8 heteroatoms. The minimum atomic E-state index is -0.113. The van der Waals surface area contributed by atoms with E-state index in [-0.39, 0.29) is 24.4 Å². The molecule has 1 N–H and O–H groups in total. The highest BCUT2D eigenvalue weighted by Gasteiger charge is 2.30. The van der Waals surface area contributed by atoms with E-state index in [1.807, 2.05) is 36.4 Å². The number of fused-ring (bicyclic) bond motifs is 8. The molecular weight excluding hydrogens is 793 g/mol. The Kier molecular flexibility index (Phi) is 11.7. The van der Waals surface area contributed by atoms with Crippen LogP contribution in [0, 0.1) is 0 Å². The van der Waals surface area contributed by atoms with E-state index in [1.165, 1.54) is 0 Å². The van der Waals surface area contributed by atoms with Crippen molar-refractivity contribution in [2.45, 2.75) is 79.8 Å². The normalized spacial score (nSPS) is 12.2. The SMILES string of the molecule is CC(C)Oc1ccccc1-c1c(-c2ccccc2OC(C)C)c2c(-c3ccccc3OC(C)C)c3nc(cc4ccc(cc5nc(cc1n2-c1ccccc1OC(C)C)C=C5)[nH]4)C=C3. The Morgan fingerprint density at radius 1 is 0.422 bits per heavy atom. The van der Waals surface area contributed by atoms with Crippen LogP contribution in [0.25, 0.3) is 85.4 Å². The lowest BCUT2D eigenvalue weighted by Crippen LogP contribution is -2.09. The van der Waals surface area contributed by atoms with Gasteiger partial charge in [-0.1, -0.05) is 66.7 Å². The number of benzene rings is 4. The lowest BCUT2D eigenvalue weighted by Gasteiger charge is -2.20. The van der Waals surface area contributed by atoms with Crippen molar-refractivity contribution in [1.29, 1.82) is 0 Å². The Morgan fingerprint density at radius 3 is 1.39 bits per heavy atom. The van der Waals surface area contributed by atoms with Gasteiger partial charge in [0.05, 0.1) is 63.9 Å². The molecule has 0 spiro atoms. The van der Waals surface area contributed by atoms with Crippen LogP contribution < -0.4 is 18.9 Å². The molecule has 9 rings (SSSR count). The summed E-state index contributed by atoms with van der Waals surface area (Å²) in [4.78, 5) is 14.2. The topological polar surface area (TPSA) is 83.4 Å². The maximum absolute atomic E-state index is 6.78. The largest absolute Gasteiger partial charge is 0.490 e. The number of para-hydroxylation sites is 5. The van der Waals surface area contributed by atoms with Gasteiger partial charge in [-0.05, 0) is 140 Å². The second-order valence-electron chi connectivity index (χ2n) is 17.2. The zero-order valence-electron chi connectivity index (χ0n) is 37.7. The molecule has 0 amide bonds. The molecule has 2 aliphatic heterocycles. The highest BCUT2D eigenvalue weighted by Crippen LogP contribution is 2.52. The van der Waals surface area contributed by atoms with Crippen LogP contribution in [0.4, 0.5) is 0 Å². The third-order valence-corrected chi connectivity index (χ3v) is 10.7. The Labute approximate surface area is 375 Å². The molecular formula is C56H54N4O4. The van der Waals surface area contributed by atoms with Gasteiger partial charge in [0.1, 0.15) is 23.0 Å². The first-order valence-corrected chi connectivity index (χ1v) is 22.2. The fourth-order valence-electron chi connectivity index (χ4n) is 8.43. The molecule has 5 heterocycles. The molecule has 322 valence electrons. The van der Waals surface area contributed by atoms with E-state index in [4.69, 9.17) is 28.9 Å². The van der Waals surface area contributed by atoms with Crippen LogP contribution in [0.5, 0.6) is 23.0 Å². The van der Waals surface area contributed by atoms with Gasteiger partial charge in [0.2, 0.25) is 0 Å². The van der Waals surface area contributed by atoms with E-state index in [2.05, 4.69) is 180 Å². The average Bonchev–Trinajstić information content (AvgIpc) is 4.07. The number of ether oxygens (including phenoxy) is 4. The quantitative estimate of drug-likeness (QED) is 0.132. The number of nitrogens with zero attached hydrogens (tertiary/aromatic N) is 3. The predicted octanol–water partition coefficient (Wildman–Crippen LogP) is 14.3. The molecule has 0 fully saturated rings. The maximum Gasteiger partial charge on any atom is 0.143 e. The number of rotatable bonds is 12. The molecule has 0 aliphatic carbocycles.